The largest absolute Gasteiger partial charge is 0.457 e. The molecule has 0 unspecified atom stereocenters. The Morgan fingerprint density at radius 2 is 1.85 bits per heavy atom. The molecule has 0 aromatic rings. The lowest BCUT2D eigenvalue weighted by Crippen LogP contribution is -2.53. The molecule has 13 heavy (non-hydrogen) atoms. The van der Waals surface area contributed by atoms with Crippen LogP contribution in [0.4, 0.5) is 0 Å². The lowest BCUT2D eigenvalue weighted by Gasteiger charge is -2.41. The summed E-state index contributed by atoms with van der Waals surface area (Å²) < 4.78 is 11.1. The molecule has 2 fully saturated rings. The van der Waals surface area contributed by atoms with E-state index in [1.54, 1.807) is 13.8 Å². The van der Waals surface area contributed by atoms with E-state index in [1.807, 2.05) is 0 Å². The zero-order chi connectivity index (χ0) is 9.47. The van der Waals surface area contributed by atoms with Gasteiger partial charge in [-0.3, -0.25) is 0 Å². The van der Waals surface area contributed by atoms with Crippen molar-refractivity contribution < 1.29 is 14.3 Å². The van der Waals surface area contributed by atoms with Crippen LogP contribution in [0.25, 0.3) is 0 Å². The number of carbonyl (C=O) groups excluding carboxylic acids is 1. The summed E-state index contributed by atoms with van der Waals surface area (Å²) in [4.78, 5) is 11.4. The van der Waals surface area contributed by atoms with Gasteiger partial charge in [-0.05, 0) is 33.1 Å². The van der Waals surface area contributed by atoms with Gasteiger partial charge in [-0.2, -0.15) is 0 Å². The molecule has 74 valence electrons. The highest BCUT2D eigenvalue weighted by atomic mass is 16.6. The molecule has 1 aliphatic carbocycles. The Hall–Kier alpha value is -0.570. The van der Waals surface area contributed by atoms with Crippen LogP contribution in [-0.2, 0) is 14.3 Å². The molecule has 0 spiro atoms. The van der Waals surface area contributed by atoms with Crippen molar-refractivity contribution in [2.24, 2.45) is 0 Å². The lowest BCUT2D eigenvalue weighted by molar-refractivity contribution is -0.225. The Morgan fingerprint density at radius 1 is 1.23 bits per heavy atom. The highest BCUT2D eigenvalue weighted by Crippen LogP contribution is 2.32. The molecule has 0 radical (unpaired) electrons. The van der Waals surface area contributed by atoms with Gasteiger partial charge in [0.05, 0.1) is 6.10 Å². The van der Waals surface area contributed by atoms with Crippen molar-refractivity contribution in [3.05, 3.63) is 0 Å². The van der Waals surface area contributed by atoms with E-state index in [1.165, 1.54) is 6.42 Å². The quantitative estimate of drug-likeness (QED) is 0.537. The smallest absolute Gasteiger partial charge is 0.338 e. The van der Waals surface area contributed by atoms with Gasteiger partial charge in [0, 0.05) is 0 Å². The summed E-state index contributed by atoms with van der Waals surface area (Å²) in [5.74, 6) is -0.212. The van der Waals surface area contributed by atoms with Gasteiger partial charge in [0.25, 0.3) is 0 Å². The van der Waals surface area contributed by atoms with Crippen molar-refractivity contribution in [3.63, 3.8) is 0 Å². The van der Waals surface area contributed by atoms with Gasteiger partial charge in [0.1, 0.15) is 6.10 Å². The average Bonchev–Trinajstić information content (AvgIpc) is 2.06. The van der Waals surface area contributed by atoms with E-state index >= 15 is 0 Å². The molecule has 2 aliphatic rings. The summed E-state index contributed by atoms with van der Waals surface area (Å²) in [6.45, 7) is 3.56. The summed E-state index contributed by atoms with van der Waals surface area (Å²) in [6, 6.07) is 0. The molecule has 1 heterocycles. The fourth-order valence-corrected chi connectivity index (χ4v) is 2.04. The number of hydrogen-bond acceptors (Lipinski definition) is 3. The first-order valence-corrected chi connectivity index (χ1v) is 4.98. The third-order valence-corrected chi connectivity index (χ3v) is 2.84. The zero-order valence-electron chi connectivity index (χ0n) is 8.21. The minimum atomic E-state index is -0.738. The second-order valence-corrected chi connectivity index (χ2v) is 4.39. The van der Waals surface area contributed by atoms with Crippen LogP contribution in [0.5, 0.6) is 0 Å². The Labute approximate surface area is 78.4 Å². The Balaban J connectivity index is 2.10. The number of fused-ring (bicyclic) bond motifs is 1. The van der Waals surface area contributed by atoms with E-state index < -0.39 is 5.60 Å². The van der Waals surface area contributed by atoms with E-state index in [0.29, 0.717) is 0 Å². The summed E-state index contributed by atoms with van der Waals surface area (Å²) >= 11 is 0. The lowest BCUT2D eigenvalue weighted by atomic mass is 9.92. The number of esters is 1. The van der Waals surface area contributed by atoms with Crippen LogP contribution in [0.1, 0.15) is 39.5 Å². The fraction of sp³-hybridized carbons (Fsp3) is 0.900. The van der Waals surface area contributed by atoms with E-state index in [-0.39, 0.29) is 18.2 Å². The van der Waals surface area contributed by atoms with E-state index in [9.17, 15) is 4.79 Å². The standard InChI is InChI=1S/C10H16O3/c1-10(2)9(11)12-7-5-3-4-6-8(7)13-10/h7-8H,3-6H2,1-2H3/t7-,8-/m0/s1. The molecule has 1 aliphatic heterocycles. The monoisotopic (exact) mass is 184 g/mol. The fourth-order valence-electron chi connectivity index (χ4n) is 2.04. The highest BCUT2D eigenvalue weighted by molar-refractivity contribution is 5.79. The number of ether oxygens (including phenoxy) is 2. The molecule has 2 atom stereocenters. The maximum absolute atomic E-state index is 11.4. The molecule has 3 nitrogen and oxygen atoms in total. The number of rotatable bonds is 0. The highest BCUT2D eigenvalue weighted by Gasteiger charge is 2.44. The molecule has 2 rings (SSSR count). The van der Waals surface area contributed by atoms with Gasteiger partial charge >= 0.3 is 5.97 Å². The van der Waals surface area contributed by atoms with Crippen LogP contribution in [0.2, 0.25) is 0 Å². The summed E-state index contributed by atoms with van der Waals surface area (Å²) in [6.07, 6.45) is 4.50. The van der Waals surface area contributed by atoms with Crippen LogP contribution < -0.4 is 0 Å². The van der Waals surface area contributed by atoms with Gasteiger partial charge in [0.2, 0.25) is 0 Å². The first-order chi connectivity index (χ1) is 6.09. The Morgan fingerprint density at radius 3 is 2.54 bits per heavy atom. The molecule has 0 bridgehead atoms. The molecule has 1 saturated carbocycles. The molecule has 3 heteroatoms. The van der Waals surface area contributed by atoms with Gasteiger partial charge in [-0.25, -0.2) is 4.79 Å². The van der Waals surface area contributed by atoms with Gasteiger partial charge < -0.3 is 9.47 Å². The van der Waals surface area contributed by atoms with Crippen molar-refractivity contribution in [3.8, 4) is 0 Å². The number of carbonyl (C=O) groups is 1. The molecule has 1 saturated heterocycles. The van der Waals surface area contributed by atoms with Crippen LogP contribution in [-0.4, -0.2) is 23.8 Å². The van der Waals surface area contributed by atoms with Gasteiger partial charge in [-0.15, -0.1) is 0 Å². The molecule has 0 aromatic heterocycles. The predicted octanol–water partition coefficient (Wildman–Crippen LogP) is 1.65. The van der Waals surface area contributed by atoms with E-state index in [0.717, 1.165) is 19.3 Å². The van der Waals surface area contributed by atoms with Crippen molar-refractivity contribution in [1.29, 1.82) is 0 Å². The molecular formula is C10H16O3. The van der Waals surface area contributed by atoms with Crippen LogP contribution in [0.3, 0.4) is 0 Å². The van der Waals surface area contributed by atoms with Crippen LogP contribution in [0.15, 0.2) is 0 Å². The Bertz CT molecular complexity index is 222. The van der Waals surface area contributed by atoms with Crippen molar-refractivity contribution in [2.45, 2.75) is 57.3 Å². The summed E-state index contributed by atoms with van der Waals surface area (Å²) in [5, 5.41) is 0. The van der Waals surface area contributed by atoms with E-state index in [2.05, 4.69) is 0 Å². The third kappa shape index (κ3) is 1.57. The van der Waals surface area contributed by atoms with Gasteiger partial charge in [0.15, 0.2) is 5.60 Å². The van der Waals surface area contributed by atoms with Crippen molar-refractivity contribution >= 4 is 5.97 Å². The SMILES string of the molecule is CC1(C)O[C@H]2CCCC[C@@H]2OC1=O. The second kappa shape index (κ2) is 2.98. The predicted molar refractivity (Wildman–Crippen MR) is 47.3 cm³/mol. The van der Waals surface area contributed by atoms with Crippen LogP contribution >= 0.6 is 0 Å². The Kier molecular flexibility index (Phi) is 2.06. The molecule has 0 N–H and O–H groups in total. The van der Waals surface area contributed by atoms with Crippen molar-refractivity contribution in [2.75, 3.05) is 0 Å². The topological polar surface area (TPSA) is 35.5 Å². The van der Waals surface area contributed by atoms with Crippen LogP contribution in [0, 0.1) is 0 Å². The summed E-state index contributed by atoms with van der Waals surface area (Å²) in [7, 11) is 0. The molecule has 0 aromatic carbocycles. The summed E-state index contributed by atoms with van der Waals surface area (Å²) in [5.41, 5.74) is -0.738. The van der Waals surface area contributed by atoms with E-state index in [4.69, 9.17) is 9.47 Å². The minimum absolute atomic E-state index is 0.0225. The first-order valence-electron chi connectivity index (χ1n) is 4.98. The first kappa shape index (κ1) is 9.00. The van der Waals surface area contributed by atoms with Crippen molar-refractivity contribution in [1.82, 2.24) is 0 Å². The second-order valence-electron chi connectivity index (χ2n) is 4.39. The third-order valence-electron chi connectivity index (χ3n) is 2.84. The normalized spacial score (nSPS) is 37.8. The average molecular weight is 184 g/mol. The minimum Gasteiger partial charge on any atom is -0.457 e. The molecule has 0 amide bonds. The maximum Gasteiger partial charge on any atom is 0.338 e. The maximum atomic E-state index is 11.4. The zero-order valence-corrected chi connectivity index (χ0v) is 8.21. The number of hydrogen-bond donors (Lipinski definition) is 0. The molecular weight excluding hydrogens is 168 g/mol. The van der Waals surface area contributed by atoms with Gasteiger partial charge in [-0.1, -0.05) is 6.42 Å².